The van der Waals surface area contributed by atoms with E-state index in [9.17, 15) is 9.90 Å². The second-order valence-corrected chi connectivity index (χ2v) is 6.35. The van der Waals surface area contributed by atoms with Gasteiger partial charge in [-0.2, -0.15) is 0 Å². The molecule has 0 fully saturated rings. The number of ketones is 1. The van der Waals surface area contributed by atoms with Gasteiger partial charge in [0.05, 0.1) is 0 Å². The molecule has 0 spiro atoms. The molecule has 0 heterocycles. The average molecular weight is 324 g/mol. The fourth-order valence-corrected chi connectivity index (χ4v) is 3.01. The number of benzene rings is 2. The Morgan fingerprint density at radius 3 is 2.25 bits per heavy atom. The monoisotopic (exact) mass is 324 g/mol. The third-order valence-electron chi connectivity index (χ3n) is 4.45. The zero-order chi connectivity index (χ0) is 17.2. The molecule has 0 saturated heterocycles. The van der Waals surface area contributed by atoms with Crippen molar-refractivity contribution in [2.24, 2.45) is 0 Å². The van der Waals surface area contributed by atoms with Crippen molar-refractivity contribution < 1.29 is 9.90 Å². The molecule has 0 amide bonds. The molecule has 2 nitrogen and oxygen atoms in total. The van der Waals surface area contributed by atoms with Crippen LogP contribution in [-0.4, -0.2) is 10.9 Å². The van der Waals surface area contributed by atoms with E-state index in [-0.39, 0.29) is 5.78 Å². The minimum atomic E-state index is -1.09. The van der Waals surface area contributed by atoms with Gasteiger partial charge in [0, 0.05) is 5.56 Å². The first kappa shape index (κ1) is 18.4. The Hall–Kier alpha value is -1.93. The first-order valence-electron chi connectivity index (χ1n) is 9.09. The molecule has 24 heavy (non-hydrogen) atoms. The lowest BCUT2D eigenvalue weighted by molar-refractivity contribution is 0.0746. The lowest BCUT2D eigenvalue weighted by Gasteiger charge is -2.13. The number of aliphatic hydroxyl groups excluding tert-OH is 1. The minimum absolute atomic E-state index is 0.206. The molecule has 2 aromatic rings. The van der Waals surface area contributed by atoms with E-state index < -0.39 is 6.10 Å². The number of aryl methyl sites for hydroxylation is 1. The molecule has 2 heteroatoms. The summed E-state index contributed by atoms with van der Waals surface area (Å²) in [5, 5.41) is 10.4. The number of hydrogen-bond acceptors (Lipinski definition) is 2. The quantitative estimate of drug-likeness (QED) is 0.462. The van der Waals surface area contributed by atoms with Gasteiger partial charge in [0.2, 0.25) is 0 Å². The third-order valence-corrected chi connectivity index (χ3v) is 4.45. The van der Waals surface area contributed by atoms with Crippen LogP contribution in [0.5, 0.6) is 0 Å². The molecule has 0 aliphatic rings. The van der Waals surface area contributed by atoms with E-state index in [1.165, 1.54) is 32.1 Å². The number of carbonyl (C=O) groups is 1. The molecule has 2 rings (SSSR count). The minimum Gasteiger partial charge on any atom is -0.380 e. The van der Waals surface area contributed by atoms with Crippen LogP contribution >= 0.6 is 0 Å². The summed E-state index contributed by atoms with van der Waals surface area (Å²) in [6.07, 6.45) is 7.22. The van der Waals surface area contributed by atoms with Crippen LogP contribution in [0.2, 0.25) is 0 Å². The van der Waals surface area contributed by atoms with E-state index in [0.717, 1.165) is 18.4 Å². The number of Topliss-reactive ketones (excluding diaryl/α,β-unsaturated/α-hetero) is 1. The summed E-state index contributed by atoms with van der Waals surface area (Å²) in [6.45, 7) is 2.22. The lowest BCUT2D eigenvalue weighted by Crippen LogP contribution is -2.14. The predicted molar refractivity (Wildman–Crippen MR) is 99.3 cm³/mol. The molecule has 0 bridgehead atoms. The zero-order valence-electron chi connectivity index (χ0n) is 14.6. The number of rotatable bonds is 10. The Morgan fingerprint density at radius 2 is 1.50 bits per heavy atom. The van der Waals surface area contributed by atoms with E-state index in [2.05, 4.69) is 6.92 Å². The molecule has 1 N–H and O–H groups in total. The highest BCUT2D eigenvalue weighted by Gasteiger charge is 2.21. The van der Waals surface area contributed by atoms with Gasteiger partial charge in [0.15, 0.2) is 5.78 Å². The molecule has 0 radical (unpaired) electrons. The van der Waals surface area contributed by atoms with Crippen LogP contribution in [0.1, 0.15) is 73.0 Å². The number of carbonyl (C=O) groups excluding carboxylic acids is 1. The van der Waals surface area contributed by atoms with Crippen LogP contribution in [0.3, 0.4) is 0 Å². The second-order valence-electron chi connectivity index (χ2n) is 6.35. The molecule has 0 aliphatic heterocycles. The number of aliphatic hydroxyl groups is 1. The lowest BCUT2D eigenvalue weighted by atomic mass is 9.93. The highest BCUT2D eigenvalue weighted by molar-refractivity contribution is 6.01. The normalized spacial score (nSPS) is 12.1. The van der Waals surface area contributed by atoms with E-state index in [1.54, 1.807) is 12.1 Å². The van der Waals surface area contributed by atoms with Crippen LogP contribution in [0.15, 0.2) is 54.6 Å². The Morgan fingerprint density at radius 1 is 0.875 bits per heavy atom. The van der Waals surface area contributed by atoms with E-state index >= 15 is 0 Å². The maximum Gasteiger partial charge on any atom is 0.196 e. The zero-order valence-corrected chi connectivity index (χ0v) is 14.6. The molecule has 0 aromatic heterocycles. The summed E-state index contributed by atoms with van der Waals surface area (Å²) in [7, 11) is 0. The molecule has 1 atom stereocenters. The van der Waals surface area contributed by atoms with E-state index in [4.69, 9.17) is 0 Å². The molecule has 0 saturated carbocycles. The maximum atomic E-state index is 12.7. The van der Waals surface area contributed by atoms with Crippen molar-refractivity contribution >= 4 is 5.78 Å². The van der Waals surface area contributed by atoms with Gasteiger partial charge in [-0.15, -0.1) is 0 Å². The Bertz CT molecular complexity index is 619. The molecule has 2 aromatic carbocycles. The van der Waals surface area contributed by atoms with Gasteiger partial charge in [-0.3, -0.25) is 4.79 Å². The Balaban J connectivity index is 1.98. The summed E-state index contributed by atoms with van der Waals surface area (Å²) in [4.78, 5) is 12.7. The smallest absolute Gasteiger partial charge is 0.196 e. The fourth-order valence-electron chi connectivity index (χ4n) is 3.01. The Kier molecular flexibility index (Phi) is 7.70. The Labute approximate surface area is 145 Å². The van der Waals surface area contributed by atoms with Gasteiger partial charge in [-0.05, 0) is 24.0 Å². The van der Waals surface area contributed by atoms with Gasteiger partial charge >= 0.3 is 0 Å². The van der Waals surface area contributed by atoms with E-state index in [0.29, 0.717) is 11.1 Å². The van der Waals surface area contributed by atoms with Crippen molar-refractivity contribution in [3.05, 3.63) is 71.3 Å². The largest absolute Gasteiger partial charge is 0.380 e. The van der Waals surface area contributed by atoms with Gasteiger partial charge in [-0.25, -0.2) is 0 Å². The van der Waals surface area contributed by atoms with Crippen LogP contribution in [0.25, 0.3) is 0 Å². The third kappa shape index (κ3) is 5.31. The average Bonchev–Trinajstić information content (AvgIpc) is 2.64. The predicted octanol–water partition coefficient (Wildman–Crippen LogP) is 5.51. The van der Waals surface area contributed by atoms with Gasteiger partial charge in [0.25, 0.3) is 0 Å². The summed E-state index contributed by atoms with van der Waals surface area (Å²) < 4.78 is 0. The fraction of sp³-hybridized carbons (Fsp3) is 0.409. The first-order valence-corrected chi connectivity index (χ1v) is 9.09. The maximum absolute atomic E-state index is 12.7. The van der Waals surface area contributed by atoms with Crippen LogP contribution in [0, 0.1) is 0 Å². The van der Waals surface area contributed by atoms with Gasteiger partial charge < -0.3 is 5.11 Å². The molecule has 128 valence electrons. The van der Waals surface area contributed by atoms with Crippen molar-refractivity contribution in [2.45, 2.75) is 58.0 Å². The van der Waals surface area contributed by atoms with Crippen molar-refractivity contribution in [1.82, 2.24) is 0 Å². The number of unbranched alkanes of at least 4 members (excludes halogenated alkanes) is 5. The van der Waals surface area contributed by atoms with Crippen molar-refractivity contribution in [1.29, 1.82) is 0 Å². The molecule has 1 unspecified atom stereocenters. The van der Waals surface area contributed by atoms with Crippen molar-refractivity contribution in [3.63, 3.8) is 0 Å². The molecule has 0 aliphatic carbocycles. The van der Waals surface area contributed by atoms with Crippen molar-refractivity contribution in [3.8, 4) is 0 Å². The topological polar surface area (TPSA) is 37.3 Å². The van der Waals surface area contributed by atoms with Gasteiger partial charge in [0.1, 0.15) is 6.10 Å². The summed E-state index contributed by atoms with van der Waals surface area (Å²) in [5.41, 5.74) is 2.35. The summed E-state index contributed by atoms with van der Waals surface area (Å²) >= 11 is 0. The summed E-state index contributed by atoms with van der Waals surface area (Å²) in [6, 6.07) is 16.8. The van der Waals surface area contributed by atoms with Crippen molar-refractivity contribution in [2.75, 3.05) is 0 Å². The second kappa shape index (κ2) is 10.0. The van der Waals surface area contributed by atoms with Gasteiger partial charge in [-0.1, -0.05) is 93.6 Å². The first-order chi connectivity index (χ1) is 11.7. The van der Waals surface area contributed by atoms with E-state index in [1.807, 2.05) is 42.5 Å². The van der Waals surface area contributed by atoms with Crippen LogP contribution in [0.4, 0.5) is 0 Å². The molecular weight excluding hydrogens is 296 g/mol. The highest BCUT2D eigenvalue weighted by atomic mass is 16.3. The van der Waals surface area contributed by atoms with Crippen LogP contribution < -0.4 is 0 Å². The standard InChI is InChI=1S/C22H28O2/c1-2-3-4-5-6-8-13-18-14-11-12-17-20(18)22(24)21(23)19-15-9-7-10-16-19/h7,9-12,14-17,21,23H,2-6,8,13H2,1H3. The van der Waals surface area contributed by atoms with Crippen LogP contribution in [-0.2, 0) is 6.42 Å². The molecular formula is C22H28O2. The SMILES string of the molecule is CCCCCCCCc1ccccc1C(=O)C(O)c1ccccc1. The highest BCUT2D eigenvalue weighted by Crippen LogP contribution is 2.22. The summed E-state index contributed by atoms with van der Waals surface area (Å²) in [5.74, 6) is -0.206. The number of hydrogen-bond donors (Lipinski definition) is 1.